The maximum Gasteiger partial charge on any atom is 0.336 e. The summed E-state index contributed by atoms with van der Waals surface area (Å²) in [4.78, 5) is 11.7. The topological polar surface area (TPSA) is 72.3 Å². The van der Waals surface area contributed by atoms with Gasteiger partial charge in [-0.15, -0.1) is 10.2 Å². The smallest absolute Gasteiger partial charge is 0.336 e. The van der Waals surface area contributed by atoms with Gasteiger partial charge in [-0.05, 0) is 18.2 Å². The molecule has 0 aliphatic heterocycles. The molecule has 0 fully saturated rings. The highest BCUT2D eigenvalue weighted by molar-refractivity contribution is 8.01. The summed E-state index contributed by atoms with van der Waals surface area (Å²) in [5, 5.41) is 16.6. The molecule has 1 N–H and O–H groups in total. The molecule has 1 aromatic carbocycles. The number of carboxylic acids is 1. The summed E-state index contributed by atoms with van der Waals surface area (Å²) < 4.78 is 5.77. The summed E-state index contributed by atoms with van der Waals surface area (Å²) in [6.07, 6.45) is 0. The number of carbonyl (C=O) groups is 1. The Morgan fingerprint density at radius 2 is 2.35 bits per heavy atom. The number of benzene rings is 1. The minimum Gasteiger partial charge on any atom is -0.497 e. The minimum absolute atomic E-state index is 0.228. The van der Waals surface area contributed by atoms with Crippen LogP contribution in [0.5, 0.6) is 5.75 Å². The Labute approximate surface area is 105 Å². The van der Waals surface area contributed by atoms with Crippen LogP contribution in [0.2, 0.25) is 0 Å². The van der Waals surface area contributed by atoms with E-state index >= 15 is 0 Å². The van der Waals surface area contributed by atoms with E-state index in [2.05, 4.69) is 10.2 Å². The van der Waals surface area contributed by atoms with E-state index in [0.29, 0.717) is 15.0 Å². The Bertz CT molecular complexity index is 528. The van der Waals surface area contributed by atoms with Gasteiger partial charge in [-0.1, -0.05) is 23.1 Å². The average molecular weight is 268 g/mol. The highest BCUT2D eigenvalue weighted by Crippen LogP contribution is 2.33. The molecule has 88 valence electrons. The quantitative estimate of drug-likeness (QED) is 0.918. The molecule has 2 aromatic rings. The lowest BCUT2D eigenvalue weighted by molar-refractivity contribution is 0.0693. The molecule has 1 heterocycles. The lowest BCUT2D eigenvalue weighted by atomic mass is 10.2. The zero-order valence-electron chi connectivity index (χ0n) is 8.78. The third kappa shape index (κ3) is 2.75. The van der Waals surface area contributed by atoms with Gasteiger partial charge in [0, 0.05) is 4.90 Å². The van der Waals surface area contributed by atoms with E-state index in [1.807, 2.05) is 0 Å². The maximum absolute atomic E-state index is 11.1. The minimum atomic E-state index is -0.973. The number of ether oxygens (including phenoxy) is 1. The van der Waals surface area contributed by atoms with Crippen LogP contribution < -0.4 is 4.74 Å². The number of aromatic carboxylic acids is 1. The second kappa shape index (κ2) is 5.15. The van der Waals surface area contributed by atoms with Crippen LogP contribution in [0.3, 0.4) is 0 Å². The van der Waals surface area contributed by atoms with Crippen molar-refractivity contribution in [2.45, 2.75) is 9.24 Å². The van der Waals surface area contributed by atoms with Crippen LogP contribution in [0.15, 0.2) is 32.9 Å². The SMILES string of the molecule is COc1ccc(C(=O)O)c(Sc2nncs2)c1. The molecule has 0 saturated heterocycles. The van der Waals surface area contributed by atoms with Crippen LogP contribution in [0.25, 0.3) is 0 Å². The van der Waals surface area contributed by atoms with E-state index in [-0.39, 0.29) is 5.56 Å². The first-order chi connectivity index (χ1) is 8.20. The normalized spacial score (nSPS) is 10.2. The molecule has 17 heavy (non-hydrogen) atoms. The standard InChI is InChI=1S/C10H8N2O3S2/c1-15-6-2-3-7(9(13)14)8(4-6)17-10-12-11-5-16-10/h2-5H,1H3,(H,13,14). The fourth-order valence-electron chi connectivity index (χ4n) is 1.19. The van der Waals surface area contributed by atoms with E-state index < -0.39 is 5.97 Å². The monoisotopic (exact) mass is 268 g/mol. The van der Waals surface area contributed by atoms with Gasteiger partial charge in [-0.3, -0.25) is 0 Å². The van der Waals surface area contributed by atoms with Crippen molar-refractivity contribution in [1.82, 2.24) is 10.2 Å². The Morgan fingerprint density at radius 1 is 1.53 bits per heavy atom. The molecular weight excluding hydrogens is 260 g/mol. The van der Waals surface area contributed by atoms with Gasteiger partial charge < -0.3 is 9.84 Å². The maximum atomic E-state index is 11.1. The predicted octanol–water partition coefficient (Wildman–Crippen LogP) is 2.40. The molecule has 0 radical (unpaired) electrons. The van der Waals surface area contributed by atoms with Crippen molar-refractivity contribution in [3.8, 4) is 5.75 Å². The summed E-state index contributed by atoms with van der Waals surface area (Å²) in [5.41, 5.74) is 1.83. The Kier molecular flexibility index (Phi) is 3.60. The van der Waals surface area contributed by atoms with Crippen molar-refractivity contribution < 1.29 is 14.6 Å². The zero-order chi connectivity index (χ0) is 12.3. The third-order valence-corrected chi connectivity index (χ3v) is 3.79. The number of carboxylic acid groups (broad SMARTS) is 1. The Hall–Kier alpha value is -1.60. The van der Waals surface area contributed by atoms with Crippen molar-refractivity contribution in [3.63, 3.8) is 0 Å². The van der Waals surface area contributed by atoms with Crippen LogP contribution in [0, 0.1) is 0 Å². The molecule has 0 saturated carbocycles. The third-order valence-electron chi connectivity index (χ3n) is 1.96. The number of methoxy groups -OCH3 is 1. The molecule has 1 aromatic heterocycles. The second-order valence-electron chi connectivity index (χ2n) is 2.97. The van der Waals surface area contributed by atoms with Crippen LogP contribution in [0.1, 0.15) is 10.4 Å². The predicted molar refractivity (Wildman–Crippen MR) is 64.0 cm³/mol. The molecule has 5 nitrogen and oxygen atoms in total. The van der Waals surface area contributed by atoms with E-state index in [1.165, 1.54) is 36.3 Å². The molecule has 0 atom stereocenters. The summed E-state index contributed by atoms with van der Waals surface area (Å²) in [5.74, 6) is -0.360. The van der Waals surface area contributed by atoms with E-state index in [0.717, 1.165) is 0 Å². The number of hydrogen-bond donors (Lipinski definition) is 1. The van der Waals surface area contributed by atoms with Crippen LogP contribution >= 0.6 is 23.1 Å². The number of rotatable bonds is 4. The Morgan fingerprint density at radius 3 is 2.94 bits per heavy atom. The number of hydrogen-bond acceptors (Lipinski definition) is 6. The van der Waals surface area contributed by atoms with Crippen LogP contribution in [-0.4, -0.2) is 28.4 Å². The molecule has 0 aliphatic rings. The van der Waals surface area contributed by atoms with Crippen molar-refractivity contribution >= 4 is 29.1 Å². The molecular formula is C10H8N2O3S2. The first kappa shape index (κ1) is 11.9. The number of aromatic nitrogens is 2. The molecule has 0 aliphatic carbocycles. The van der Waals surface area contributed by atoms with Gasteiger partial charge in [0.15, 0.2) is 4.34 Å². The van der Waals surface area contributed by atoms with Crippen molar-refractivity contribution in [2.24, 2.45) is 0 Å². The van der Waals surface area contributed by atoms with E-state index in [4.69, 9.17) is 9.84 Å². The molecule has 2 rings (SSSR count). The van der Waals surface area contributed by atoms with Crippen LogP contribution in [-0.2, 0) is 0 Å². The molecule has 0 unspecified atom stereocenters. The second-order valence-corrected chi connectivity index (χ2v) is 5.10. The van der Waals surface area contributed by atoms with Gasteiger partial charge in [-0.25, -0.2) is 4.79 Å². The average Bonchev–Trinajstić information content (AvgIpc) is 2.81. The summed E-state index contributed by atoms with van der Waals surface area (Å²) in [7, 11) is 1.54. The summed E-state index contributed by atoms with van der Waals surface area (Å²) in [6, 6.07) is 4.81. The largest absolute Gasteiger partial charge is 0.497 e. The highest BCUT2D eigenvalue weighted by atomic mass is 32.2. The van der Waals surface area contributed by atoms with Gasteiger partial charge in [0.25, 0.3) is 0 Å². The molecule has 0 spiro atoms. The fraction of sp³-hybridized carbons (Fsp3) is 0.100. The highest BCUT2D eigenvalue weighted by Gasteiger charge is 2.13. The van der Waals surface area contributed by atoms with Gasteiger partial charge >= 0.3 is 5.97 Å². The van der Waals surface area contributed by atoms with Gasteiger partial charge in [0.1, 0.15) is 11.3 Å². The molecule has 7 heteroatoms. The first-order valence-corrected chi connectivity index (χ1v) is 6.25. The lowest BCUT2D eigenvalue weighted by Crippen LogP contribution is -1.99. The van der Waals surface area contributed by atoms with Crippen molar-refractivity contribution in [2.75, 3.05) is 7.11 Å². The Balaban J connectivity index is 2.38. The van der Waals surface area contributed by atoms with Crippen LogP contribution in [0.4, 0.5) is 0 Å². The van der Waals surface area contributed by atoms with Gasteiger partial charge in [-0.2, -0.15) is 0 Å². The zero-order valence-corrected chi connectivity index (χ0v) is 10.4. The van der Waals surface area contributed by atoms with Crippen molar-refractivity contribution in [3.05, 3.63) is 29.3 Å². The fourth-order valence-corrected chi connectivity index (χ4v) is 2.78. The van der Waals surface area contributed by atoms with E-state index in [1.54, 1.807) is 17.6 Å². The molecule has 0 amide bonds. The molecule has 0 bridgehead atoms. The number of nitrogens with zero attached hydrogens (tertiary/aromatic N) is 2. The van der Waals surface area contributed by atoms with E-state index in [9.17, 15) is 4.79 Å². The van der Waals surface area contributed by atoms with Crippen molar-refractivity contribution in [1.29, 1.82) is 0 Å². The summed E-state index contributed by atoms with van der Waals surface area (Å²) >= 11 is 2.62. The summed E-state index contributed by atoms with van der Waals surface area (Å²) in [6.45, 7) is 0. The first-order valence-electron chi connectivity index (χ1n) is 4.56. The van der Waals surface area contributed by atoms with Gasteiger partial charge in [0.05, 0.1) is 12.7 Å². The van der Waals surface area contributed by atoms with Gasteiger partial charge in [0.2, 0.25) is 0 Å². The lowest BCUT2D eigenvalue weighted by Gasteiger charge is -2.06.